The van der Waals surface area contributed by atoms with E-state index in [0.29, 0.717) is 40.2 Å². The first-order chi connectivity index (χ1) is 16.6. The van der Waals surface area contributed by atoms with Gasteiger partial charge in [0.25, 0.3) is 0 Å². The first kappa shape index (κ1) is 25.5. The standard InChI is InChI=1S/C30H30O5/c1-6-7-22-18-23(28(34-5)19-27(22)32)12-17-26(31)20-10-15-25(16-11-20)35-29(33)21-8-13-24(14-9-21)30(2,3)4/h6,8-19,32H,1,7H2,2-5H3/b17-12+. The van der Waals surface area contributed by atoms with Crippen LogP contribution in [-0.4, -0.2) is 24.0 Å². The van der Waals surface area contributed by atoms with Gasteiger partial charge in [-0.05, 0) is 77.6 Å². The summed E-state index contributed by atoms with van der Waals surface area (Å²) in [6, 6.07) is 17.0. The van der Waals surface area contributed by atoms with Crippen LogP contribution in [0.5, 0.6) is 17.2 Å². The van der Waals surface area contributed by atoms with Gasteiger partial charge >= 0.3 is 5.97 Å². The summed E-state index contributed by atoms with van der Waals surface area (Å²) < 4.78 is 10.8. The van der Waals surface area contributed by atoms with Crippen LogP contribution >= 0.6 is 0 Å². The maximum atomic E-state index is 12.7. The van der Waals surface area contributed by atoms with Crippen molar-refractivity contribution in [3.63, 3.8) is 0 Å². The summed E-state index contributed by atoms with van der Waals surface area (Å²) in [7, 11) is 1.50. The van der Waals surface area contributed by atoms with Gasteiger partial charge in [0.1, 0.15) is 17.2 Å². The molecule has 0 spiro atoms. The summed E-state index contributed by atoms with van der Waals surface area (Å²) in [6.45, 7) is 10.0. The third kappa shape index (κ3) is 6.48. The number of ether oxygens (including phenoxy) is 2. The zero-order valence-electron chi connectivity index (χ0n) is 20.5. The lowest BCUT2D eigenvalue weighted by Gasteiger charge is -2.18. The van der Waals surface area contributed by atoms with Crippen molar-refractivity contribution in [2.24, 2.45) is 0 Å². The molecular formula is C30H30O5. The van der Waals surface area contributed by atoms with Gasteiger partial charge in [-0.25, -0.2) is 4.79 Å². The van der Waals surface area contributed by atoms with E-state index in [9.17, 15) is 14.7 Å². The normalized spacial score (nSPS) is 11.3. The van der Waals surface area contributed by atoms with Crippen molar-refractivity contribution in [2.75, 3.05) is 7.11 Å². The molecule has 3 aromatic carbocycles. The quantitative estimate of drug-likeness (QED) is 0.133. The van der Waals surface area contributed by atoms with Crippen molar-refractivity contribution >= 4 is 17.8 Å². The van der Waals surface area contributed by atoms with E-state index < -0.39 is 5.97 Å². The highest BCUT2D eigenvalue weighted by atomic mass is 16.5. The maximum absolute atomic E-state index is 12.7. The van der Waals surface area contributed by atoms with Gasteiger partial charge in [-0.3, -0.25) is 4.79 Å². The molecule has 0 aliphatic heterocycles. The Morgan fingerprint density at radius 2 is 1.60 bits per heavy atom. The molecule has 0 fully saturated rings. The lowest BCUT2D eigenvalue weighted by molar-refractivity contribution is 0.0734. The molecule has 0 unspecified atom stereocenters. The summed E-state index contributed by atoms with van der Waals surface area (Å²) in [6.07, 6.45) is 5.26. The molecule has 0 radical (unpaired) electrons. The third-order valence-corrected chi connectivity index (χ3v) is 5.55. The van der Waals surface area contributed by atoms with Crippen molar-refractivity contribution in [2.45, 2.75) is 32.6 Å². The molecule has 0 bridgehead atoms. The predicted octanol–water partition coefficient (Wildman–Crippen LogP) is 6.54. The van der Waals surface area contributed by atoms with E-state index in [-0.39, 0.29) is 16.9 Å². The van der Waals surface area contributed by atoms with Crippen LogP contribution < -0.4 is 9.47 Å². The third-order valence-electron chi connectivity index (χ3n) is 5.55. The van der Waals surface area contributed by atoms with Crippen LogP contribution in [0.4, 0.5) is 0 Å². The number of carbonyl (C=O) groups excluding carboxylic acids is 2. The summed E-state index contributed by atoms with van der Waals surface area (Å²) in [5.41, 5.74) is 3.39. The van der Waals surface area contributed by atoms with Gasteiger partial charge in [-0.2, -0.15) is 0 Å². The fourth-order valence-electron chi connectivity index (χ4n) is 3.48. The SMILES string of the molecule is C=CCc1cc(/C=C/C(=O)c2ccc(OC(=O)c3ccc(C(C)(C)C)cc3)cc2)c(OC)cc1O. The number of hydrogen-bond donors (Lipinski definition) is 1. The fraction of sp³-hybridized carbons (Fsp3) is 0.200. The summed E-state index contributed by atoms with van der Waals surface area (Å²) in [4.78, 5) is 25.1. The monoisotopic (exact) mass is 470 g/mol. The van der Waals surface area contributed by atoms with Crippen LogP contribution in [0.3, 0.4) is 0 Å². The second kappa shape index (κ2) is 10.9. The van der Waals surface area contributed by atoms with Gasteiger partial charge in [-0.1, -0.05) is 39.0 Å². The van der Waals surface area contributed by atoms with Gasteiger partial charge < -0.3 is 14.6 Å². The molecule has 0 aliphatic carbocycles. The zero-order valence-corrected chi connectivity index (χ0v) is 20.5. The van der Waals surface area contributed by atoms with Crippen molar-refractivity contribution in [1.82, 2.24) is 0 Å². The molecule has 3 rings (SSSR count). The molecule has 1 N–H and O–H groups in total. The minimum atomic E-state index is -0.459. The minimum Gasteiger partial charge on any atom is -0.508 e. The van der Waals surface area contributed by atoms with E-state index in [0.717, 1.165) is 5.56 Å². The Kier molecular flexibility index (Phi) is 7.92. The number of phenols is 1. The van der Waals surface area contributed by atoms with Crippen LogP contribution in [0.15, 0.2) is 79.4 Å². The van der Waals surface area contributed by atoms with Gasteiger partial charge in [0, 0.05) is 17.2 Å². The lowest BCUT2D eigenvalue weighted by atomic mass is 9.87. The number of benzene rings is 3. The largest absolute Gasteiger partial charge is 0.508 e. The molecule has 0 heterocycles. The summed E-state index contributed by atoms with van der Waals surface area (Å²) in [5.74, 6) is 0.239. The molecule has 5 heteroatoms. The predicted molar refractivity (Wildman–Crippen MR) is 138 cm³/mol. The number of carbonyl (C=O) groups is 2. The molecule has 0 atom stereocenters. The Morgan fingerprint density at radius 3 is 2.17 bits per heavy atom. The van der Waals surface area contributed by atoms with Crippen LogP contribution in [0.2, 0.25) is 0 Å². The average molecular weight is 471 g/mol. The fourth-order valence-corrected chi connectivity index (χ4v) is 3.48. The molecular weight excluding hydrogens is 440 g/mol. The highest BCUT2D eigenvalue weighted by molar-refractivity contribution is 6.07. The van der Waals surface area contributed by atoms with E-state index in [1.807, 2.05) is 12.1 Å². The number of phenolic OH excluding ortho intramolecular Hbond substituents is 1. The van der Waals surface area contributed by atoms with Crippen molar-refractivity contribution in [3.05, 3.63) is 107 Å². The van der Waals surface area contributed by atoms with Crippen LogP contribution in [0.25, 0.3) is 6.08 Å². The number of esters is 1. The Bertz CT molecular complexity index is 1240. The van der Waals surface area contributed by atoms with Crippen LogP contribution in [0, 0.1) is 0 Å². The first-order valence-corrected chi connectivity index (χ1v) is 11.3. The van der Waals surface area contributed by atoms with E-state index >= 15 is 0 Å². The number of ketones is 1. The minimum absolute atomic E-state index is 0.000542. The number of hydrogen-bond acceptors (Lipinski definition) is 5. The molecule has 0 aliphatic rings. The van der Waals surface area contributed by atoms with Crippen molar-refractivity contribution in [3.8, 4) is 17.2 Å². The maximum Gasteiger partial charge on any atom is 0.343 e. The van der Waals surface area contributed by atoms with Crippen molar-refractivity contribution < 1.29 is 24.2 Å². The first-order valence-electron chi connectivity index (χ1n) is 11.3. The summed E-state index contributed by atoms with van der Waals surface area (Å²) in [5, 5.41) is 10.1. The van der Waals surface area contributed by atoms with E-state index in [4.69, 9.17) is 9.47 Å². The van der Waals surface area contributed by atoms with Crippen LogP contribution in [-0.2, 0) is 11.8 Å². The smallest absolute Gasteiger partial charge is 0.343 e. The number of rotatable bonds is 8. The number of aromatic hydroxyl groups is 1. The molecule has 0 saturated carbocycles. The summed E-state index contributed by atoms with van der Waals surface area (Å²) >= 11 is 0. The van der Waals surface area contributed by atoms with E-state index in [2.05, 4.69) is 27.4 Å². The molecule has 3 aromatic rings. The molecule has 180 valence electrons. The molecule has 0 amide bonds. The average Bonchev–Trinajstić information content (AvgIpc) is 2.84. The second-order valence-corrected chi connectivity index (χ2v) is 9.15. The van der Waals surface area contributed by atoms with E-state index in [1.165, 1.54) is 19.3 Å². The highest BCUT2D eigenvalue weighted by Gasteiger charge is 2.15. The topological polar surface area (TPSA) is 72.8 Å². The van der Waals surface area contributed by atoms with Gasteiger partial charge in [0.15, 0.2) is 5.78 Å². The van der Waals surface area contributed by atoms with E-state index in [1.54, 1.807) is 54.6 Å². The second-order valence-electron chi connectivity index (χ2n) is 9.15. The van der Waals surface area contributed by atoms with Gasteiger partial charge in [0.05, 0.1) is 12.7 Å². The Balaban J connectivity index is 1.69. The Labute approximate surface area is 206 Å². The van der Waals surface area contributed by atoms with Gasteiger partial charge in [-0.15, -0.1) is 6.58 Å². The van der Waals surface area contributed by atoms with Crippen LogP contribution in [0.1, 0.15) is 58.2 Å². The Morgan fingerprint density at radius 1 is 0.971 bits per heavy atom. The molecule has 5 nitrogen and oxygen atoms in total. The molecule has 0 saturated heterocycles. The highest BCUT2D eigenvalue weighted by Crippen LogP contribution is 2.30. The zero-order chi connectivity index (χ0) is 25.6. The number of methoxy groups -OCH3 is 1. The lowest BCUT2D eigenvalue weighted by Crippen LogP contribution is -2.13. The molecule has 35 heavy (non-hydrogen) atoms. The van der Waals surface area contributed by atoms with Crippen molar-refractivity contribution in [1.29, 1.82) is 0 Å². The van der Waals surface area contributed by atoms with Gasteiger partial charge in [0.2, 0.25) is 0 Å². The Hall–Kier alpha value is -4.12. The number of allylic oxidation sites excluding steroid dienone is 2. The molecule has 0 aromatic heterocycles.